The Morgan fingerprint density at radius 2 is 1.86 bits per heavy atom. The molecule has 0 saturated heterocycles. The minimum absolute atomic E-state index is 0.321. The number of anilines is 1. The Bertz CT molecular complexity index is 849. The molecular formula is C21H27NO5S. The van der Waals surface area contributed by atoms with E-state index in [1.807, 2.05) is 43.3 Å². The van der Waals surface area contributed by atoms with Gasteiger partial charge in [-0.25, -0.2) is 0 Å². The third kappa shape index (κ3) is 8.10. The van der Waals surface area contributed by atoms with E-state index < -0.39 is 16.2 Å². The predicted molar refractivity (Wildman–Crippen MR) is 110 cm³/mol. The highest BCUT2D eigenvalue weighted by Crippen LogP contribution is 2.16. The predicted octanol–water partition coefficient (Wildman–Crippen LogP) is 3.22. The van der Waals surface area contributed by atoms with Gasteiger partial charge in [-0.3, -0.25) is 0 Å². The molecule has 6 nitrogen and oxygen atoms in total. The third-order valence-electron chi connectivity index (χ3n) is 4.04. The fourth-order valence-corrected chi connectivity index (χ4v) is 3.27. The van der Waals surface area contributed by atoms with Crippen LogP contribution in [0.25, 0.3) is 0 Å². The highest BCUT2D eigenvalue weighted by atomic mass is 32.2. The van der Waals surface area contributed by atoms with Crippen LogP contribution in [0.3, 0.4) is 0 Å². The SMILES string of the molecule is CCOC(C=O)Cc1cccc(NCCCc2ccc(OS(C)(=O)=O)cc2)c1. The van der Waals surface area contributed by atoms with Gasteiger partial charge in [-0.2, -0.15) is 8.42 Å². The van der Waals surface area contributed by atoms with Gasteiger partial charge in [0.1, 0.15) is 18.1 Å². The van der Waals surface area contributed by atoms with Crippen molar-refractivity contribution >= 4 is 22.1 Å². The lowest BCUT2D eigenvalue weighted by Gasteiger charge is -2.12. The van der Waals surface area contributed by atoms with Crippen molar-refractivity contribution < 1.29 is 22.1 Å². The summed E-state index contributed by atoms with van der Waals surface area (Å²) in [6.07, 6.45) is 3.81. The van der Waals surface area contributed by atoms with E-state index in [0.29, 0.717) is 18.8 Å². The van der Waals surface area contributed by atoms with Crippen LogP contribution in [-0.2, 0) is 32.5 Å². The minimum Gasteiger partial charge on any atom is -0.385 e. The number of benzene rings is 2. The summed E-state index contributed by atoms with van der Waals surface area (Å²) in [4.78, 5) is 11.0. The van der Waals surface area contributed by atoms with Gasteiger partial charge < -0.3 is 19.0 Å². The average molecular weight is 406 g/mol. The fraction of sp³-hybridized carbons (Fsp3) is 0.381. The van der Waals surface area contributed by atoms with Crippen LogP contribution in [0, 0.1) is 0 Å². The van der Waals surface area contributed by atoms with Crippen molar-refractivity contribution in [3.63, 3.8) is 0 Å². The van der Waals surface area contributed by atoms with E-state index >= 15 is 0 Å². The summed E-state index contributed by atoms with van der Waals surface area (Å²) in [5, 5.41) is 3.39. The van der Waals surface area contributed by atoms with Crippen LogP contribution in [0.1, 0.15) is 24.5 Å². The zero-order valence-electron chi connectivity index (χ0n) is 16.3. The maximum absolute atomic E-state index is 11.1. The molecule has 7 heteroatoms. The number of hydrogen-bond donors (Lipinski definition) is 1. The lowest BCUT2D eigenvalue weighted by Crippen LogP contribution is -2.17. The first-order chi connectivity index (χ1) is 13.4. The molecule has 1 N–H and O–H groups in total. The molecule has 0 bridgehead atoms. The van der Waals surface area contributed by atoms with Crippen molar-refractivity contribution in [3.05, 3.63) is 59.7 Å². The molecule has 2 rings (SSSR count). The Kier molecular flexibility index (Phi) is 8.47. The van der Waals surface area contributed by atoms with Crippen LogP contribution in [0.5, 0.6) is 5.75 Å². The minimum atomic E-state index is -3.50. The summed E-state index contributed by atoms with van der Waals surface area (Å²) in [6, 6.07) is 15.0. The summed E-state index contributed by atoms with van der Waals surface area (Å²) >= 11 is 0. The number of ether oxygens (including phenoxy) is 1. The summed E-state index contributed by atoms with van der Waals surface area (Å²) in [6.45, 7) is 3.19. The van der Waals surface area contributed by atoms with E-state index in [4.69, 9.17) is 8.92 Å². The number of carbonyl (C=O) groups excluding carboxylic acids is 1. The summed E-state index contributed by atoms with van der Waals surface area (Å²) in [5.74, 6) is 0.321. The number of rotatable bonds is 12. The van der Waals surface area contributed by atoms with E-state index in [2.05, 4.69) is 5.32 Å². The molecule has 0 aliphatic rings. The molecule has 2 aromatic carbocycles. The van der Waals surface area contributed by atoms with Gasteiger partial charge in [-0.05, 0) is 55.2 Å². The number of aryl methyl sites for hydroxylation is 1. The highest BCUT2D eigenvalue weighted by Gasteiger charge is 2.08. The van der Waals surface area contributed by atoms with Crippen molar-refractivity contribution in [2.45, 2.75) is 32.3 Å². The Morgan fingerprint density at radius 1 is 1.11 bits per heavy atom. The number of nitrogens with one attached hydrogen (secondary N) is 1. The topological polar surface area (TPSA) is 81.7 Å². The Hall–Kier alpha value is -2.38. The molecule has 152 valence electrons. The Morgan fingerprint density at radius 3 is 2.50 bits per heavy atom. The second-order valence-electron chi connectivity index (χ2n) is 6.50. The van der Waals surface area contributed by atoms with Crippen LogP contribution in [-0.4, -0.2) is 40.2 Å². The molecule has 0 aromatic heterocycles. The molecule has 0 radical (unpaired) electrons. The zero-order chi connectivity index (χ0) is 20.4. The smallest absolute Gasteiger partial charge is 0.306 e. The van der Waals surface area contributed by atoms with Crippen LogP contribution < -0.4 is 9.50 Å². The monoisotopic (exact) mass is 405 g/mol. The molecule has 0 amide bonds. The van der Waals surface area contributed by atoms with Gasteiger partial charge in [-0.15, -0.1) is 0 Å². The van der Waals surface area contributed by atoms with E-state index in [0.717, 1.165) is 48.7 Å². The number of carbonyl (C=O) groups is 1. The second-order valence-corrected chi connectivity index (χ2v) is 8.07. The maximum Gasteiger partial charge on any atom is 0.306 e. The lowest BCUT2D eigenvalue weighted by atomic mass is 10.1. The Balaban J connectivity index is 1.79. The van der Waals surface area contributed by atoms with Gasteiger partial charge in [0.2, 0.25) is 0 Å². The first kappa shape index (κ1) is 21.9. The van der Waals surface area contributed by atoms with Gasteiger partial charge in [0.15, 0.2) is 0 Å². The maximum atomic E-state index is 11.1. The average Bonchev–Trinajstić information content (AvgIpc) is 2.65. The van der Waals surface area contributed by atoms with Gasteiger partial charge in [0.05, 0.1) is 6.26 Å². The zero-order valence-corrected chi connectivity index (χ0v) is 17.1. The normalized spacial score (nSPS) is 12.4. The van der Waals surface area contributed by atoms with E-state index in [9.17, 15) is 13.2 Å². The van der Waals surface area contributed by atoms with Crippen molar-refractivity contribution in [2.24, 2.45) is 0 Å². The molecule has 28 heavy (non-hydrogen) atoms. The number of hydrogen-bond acceptors (Lipinski definition) is 6. The molecule has 0 fully saturated rings. The first-order valence-corrected chi connectivity index (χ1v) is 11.1. The van der Waals surface area contributed by atoms with Crippen molar-refractivity contribution in [3.8, 4) is 5.75 Å². The molecule has 0 heterocycles. The first-order valence-electron chi connectivity index (χ1n) is 9.27. The quantitative estimate of drug-likeness (QED) is 0.332. The summed E-state index contributed by atoms with van der Waals surface area (Å²) in [7, 11) is -3.50. The van der Waals surface area contributed by atoms with E-state index in [1.54, 1.807) is 12.1 Å². The van der Waals surface area contributed by atoms with Gasteiger partial charge >= 0.3 is 10.1 Å². The van der Waals surface area contributed by atoms with Crippen LogP contribution in [0.15, 0.2) is 48.5 Å². The molecule has 1 unspecified atom stereocenters. The molecule has 0 spiro atoms. The molecular weight excluding hydrogens is 378 g/mol. The van der Waals surface area contributed by atoms with E-state index in [1.165, 1.54) is 0 Å². The third-order valence-corrected chi connectivity index (χ3v) is 4.53. The van der Waals surface area contributed by atoms with Crippen molar-refractivity contribution in [1.82, 2.24) is 0 Å². The van der Waals surface area contributed by atoms with Crippen LogP contribution in [0.2, 0.25) is 0 Å². The van der Waals surface area contributed by atoms with Gasteiger partial charge in [0.25, 0.3) is 0 Å². The lowest BCUT2D eigenvalue weighted by molar-refractivity contribution is -0.117. The Labute approximate surface area is 167 Å². The molecule has 1 atom stereocenters. The molecule has 0 saturated carbocycles. The largest absolute Gasteiger partial charge is 0.385 e. The van der Waals surface area contributed by atoms with Crippen molar-refractivity contribution in [2.75, 3.05) is 24.7 Å². The van der Waals surface area contributed by atoms with Crippen LogP contribution >= 0.6 is 0 Å². The molecule has 0 aliphatic carbocycles. The van der Waals surface area contributed by atoms with Crippen molar-refractivity contribution in [1.29, 1.82) is 0 Å². The molecule has 0 aliphatic heterocycles. The summed E-state index contributed by atoms with van der Waals surface area (Å²) < 4.78 is 32.4. The molecule has 2 aromatic rings. The standard InChI is InChI=1S/C21H27NO5S/c1-3-26-21(16-23)15-18-6-4-8-19(14-18)22-13-5-7-17-9-11-20(12-10-17)27-28(2,24)25/h4,6,8-12,14,16,21-22H,3,5,7,13,15H2,1-2H3. The fourth-order valence-electron chi connectivity index (χ4n) is 2.81. The second kappa shape index (κ2) is 10.8. The highest BCUT2D eigenvalue weighted by molar-refractivity contribution is 7.86. The van der Waals surface area contributed by atoms with Crippen LogP contribution in [0.4, 0.5) is 5.69 Å². The van der Waals surface area contributed by atoms with Gasteiger partial charge in [-0.1, -0.05) is 24.3 Å². The summed E-state index contributed by atoms with van der Waals surface area (Å²) in [5.41, 5.74) is 3.18. The van der Waals surface area contributed by atoms with Gasteiger partial charge in [0, 0.05) is 25.3 Å². The number of aldehydes is 1. The van der Waals surface area contributed by atoms with E-state index in [-0.39, 0.29) is 0 Å².